The molecule has 69 valence electrons. The molecular formula is C10H13N2S. The normalized spacial score (nSPS) is 18.8. The van der Waals surface area contributed by atoms with Crippen molar-refractivity contribution in [3.8, 4) is 0 Å². The largest absolute Gasteiger partial charge is 0.250 e. The molecule has 1 radical (unpaired) electrons. The lowest BCUT2D eigenvalue weighted by Gasteiger charge is -2.20. The molecule has 0 N–H and O–H groups in total. The molecule has 0 aliphatic carbocycles. The first-order valence-electron chi connectivity index (χ1n) is 4.66. The molecular weight excluding hydrogens is 180 g/mol. The minimum Gasteiger partial charge on any atom is -0.250 e. The highest BCUT2D eigenvalue weighted by Crippen LogP contribution is 2.26. The second kappa shape index (κ2) is 4.63. The van der Waals surface area contributed by atoms with Gasteiger partial charge in [0, 0.05) is 24.5 Å². The van der Waals surface area contributed by atoms with E-state index in [0.717, 1.165) is 23.4 Å². The third kappa shape index (κ3) is 2.71. The number of aromatic nitrogens is 1. The minimum atomic E-state index is 0.729. The summed E-state index contributed by atoms with van der Waals surface area (Å²) in [7, 11) is 0. The Kier molecular flexibility index (Phi) is 3.22. The number of pyridine rings is 1. The van der Waals surface area contributed by atoms with Crippen molar-refractivity contribution in [2.24, 2.45) is 0 Å². The molecule has 1 aliphatic heterocycles. The first kappa shape index (κ1) is 9.03. The summed E-state index contributed by atoms with van der Waals surface area (Å²) in [5.74, 6) is 0. The average molecular weight is 193 g/mol. The zero-order chi connectivity index (χ0) is 8.93. The van der Waals surface area contributed by atoms with Gasteiger partial charge in [0.05, 0.1) is 5.03 Å². The molecule has 0 aromatic carbocycles. The van der Waals surface area contributed by atoms with Crippen LogP contribution in [0.3, 0.4) is 0 Å². The van der Waals surface area contributed by atoms with Crippen molar-refractivity contribution in [1.29, 1.82) is 0 Å². The topological polar surface area (TPSA) is 27.0 Å². The standard InChI is InChI=1S/C10H13N2S/c1-2-6-12-10(3-1)13-9-4-7-11-8-5-9/h1-3,6,9H,4-5,7-8H2. The quantitative estimate of drug-likeness (QED) is 0.717. The van der Waals surface area contributed by atoms with Crippen molar-refractivity contribution in [1.82, 2.24) is 10.3 Å². The highest BCUT2D eigenvalue weighted by Gasteiger charge is 2.14. The van der Waals surface area contributed by atoms with E-state index in [1.807, 2.05) is 30.1 Å². The van der Waals surface area contributed by atoms with Gasteiger partial charge in [0.1, 0.15) is 0 Å². The summed E-state index contributed by atoms with van der Waals surface area (Å²) in [4.78, 5) is 4.31. The monoisotopic (exact) mass is 193 g/mol. The maximum Gasteiger partial charge on any atom is 0.0962 e. The Balaban J connectivity index is 1.90. The Morgan fingerprint density at radius 1 is 1.23 bits per heavy atom. The summed E-state index contributed by atoms with van der Waals surface area (Å²) < 4.78 is 0. The molecule has 0 atom stereocenters. The van der Waals surface area contributed by atoms with Crippen LogP contribution in [-0.2, 0) is 0 Å². The molecule has 0 amide bonds. The fraction of sp³-hybridized carbons (Fsp3) is 0.500. The van der Waals surface area contributed by atoms with Crippen LogP contribution in [0.15, 0.2) is 29.4 Å². The van der Waals surface area contributed by atoms with E-state index >= 15 is 0 Å². The lowest BCUT2D eigenvalue weighted by atomic mass is 10.2. The van der Waals surface area contributed by atoms with Gasteiger partial charge in [-0.25, -0.2) is 10.3 Å². The second-order valence-corrected chi connectivity index (χ2v) is 4.48. The van der Waals surface area contributed by atoms with Gasteiger partial charge in [0.2, 0.25) is 0 Å². The number of rotatable bonds is 2. The van der Waals surface area contributed by atoms with E-state index in [9.17, 15) is 0 Å². The van der Waals surface area contributed by atoms with Gasteiger partial charge >= 0.3 is 0 Å². The molecule has 1 aromatic heterocycles. The number of thioether (sulfide) groups is 1. The molecule has 1 saturated heterocycles. The zero-order valence-electron chi connectivity index (χ0n) is 7.52. The van der Waals surface area contributed by atoms with Gasteiger partial charge in [0.15, 0.2) is 0 Å². The minimum absolute atomic E-state index is 0.729. The van der Waals surface area contributed by atoms with Crippen molar-refractivity contribution in [2.75, 3.05) is 13.1 Å². The van der Waals surface area contributed by atoms with E-state index in [2.05, 4.69) is 16.4 Å². The Morgan fingerprint density at radius 2 is 2.08 bits per heavy atom. The molecule has 2 nitrogen and oxygen atoms in total. The van der Waals surface area contributed by atoms with Crippen LogP contribution in [0.2, 0.25) is 0 Å². The van der Waals surface area contributed by atoms with Gasteiger partial charge in [-0.2, -0.15) is 0 Å². The van der Waals surface area contributed by atoms with Crippen LogP contribution in [0.25, 0.3) is 0 Å². The van der Waals surface area contributed by atoms with Crippen LogP contribution in [0.1, 0.15) is 12.8 Å². The SMILES string of the molecule is c1ccc(SC2CC[N]CC2)nc1. The molecule has 1 fully saturated rings. The molecule has 0 bridgehead atoms. The predicted molar refractivity (Wildman–Crippen MR) is 55.0 cm³/mol. The van der Waals surface area contributed by atoms with Crippen molar-refractivity contribution < 1.29 is 0 Å². The summed E-state index contributed by atoms with van der Waals surface area (Å²) in [5, 5.41) is 6.21. The van der Waals surface area contributed by atoms with Crippen LogP contribution in [-0.4, -0.2) is 23.3 Å². The fourth-order valence-corrected chi connectivity index (χ4v) is 2.50. The van der Waals surface area contributed by atoms with Crippen molar-refractivity contribution >= 4 is 11.8 Å². The van der Waals surface area contributed by atoms with Gasteiger partial charge in [-0.3, -0.25) is 0 Å². The first-order valence-corrected chi connectivity index (χ1v) is 5.54. The van der Waals surface area contributed by atoms with Gasteiger partial charge in [0.25, 0.3) is 0 Å². The number of nitrogens with zero attached hydrogens (tertiary/aromatic N) is 2. The van der Waals surface area contributed by atoms with Gasteiger partial charge in [-0.1, -0.05) is 6.07 Å². The molecule has 1 aliphatic rings. The summed E-state index contributed by atoms with van der Waals surface area (Å²) in [5.41, 5.74) is 0. The first-order chi connectivity index (χ1) is 6.45. The molecule has 13 heavy (non-hydrogen) atoms. The molecule has 2 heterocycles. The molecule has 1 aromatic rings. The van der Waals surface area contributed by atoms with Crippen LogP contribution in [0, 0.1) is 0 Å². The maximum absolute atomic E-state index is 4.34. The highest BCUT2D eigenvalue weighted by atomic mass is 32.2. The maximum atomic E-state index is 4.34. The van der Waals surface area contributed by atoms with E-state index in [1.165, 1.54) is 12.8 Å². The van der Waals surface area contributed by atoms with Crippen molar-refractivity contribution in [3.63, 3.8) is 0 Å². The summed E-state index contributed by atoms with van der Waals surface area (Å²) >= 11 is 1.89. The summed E-state index contributed by atoms with van der Waals surface area (Å²) in [6.45, 7) is 2.06. The Morgan fingerprint density at radius 3 is 2.77 bits per heavy atom. The van der Waals surface area contributed by atoms with Crippen LogP contribution in [0.4, 0.5) is 0 Å². The third-order valence-electron chi connectivity index (χ3n) is 2.14. The smallest absolute Gasteiger partial charge is 0.0962 e. The van der Waals surface area contributed by atoms with Crippen molar-refractivity contribution in [2.45, 2.75) is 23.1 Å². The second-order valence-electron chi connectivity index (χ2n) is 3.16. The predicted octanol–water partition coefficient (Wildman–Crippen LogP) is 1.94. The van der Waals surface area contributed by atoms with E-state index in [1.54, 1.807) is 0 Å². The zero-order valence-corrected chi connectivity index (χ0v) is 8.33. The highest BCUT2D eigenvalue weighted by molar-refractivity contribution is 7.99. The van der Waals surface area contributed by atoms with Crippen LogP contribution >= 0.6 is 11.8 Å². The number of hydrogen-bond acceptors (Lipinski definition) is 2. The molecule has 2 rings (SSSR count). The third-order valence-corrected chi connectivity index (χ3v) is 3.43. The summed E-state index contributed by atoms with van der Waals surface area (Å²) in [6, 6.07) is 6.08. The van der Waals surface area contributed by atoms with Crippen molar-refractivity contribution in [3.05, 3.63) is 24.4 Å². The lowest BCUT2D eigenvalue weighted by molar-refractivity contribution is 0.522. The molecule has 0 spiro atoms. The van der Waals surface area contributed by atoms with E-state index in [0.29, 0.717) is 0 Å². The Bertz CT molecular complexity index is 244. The molecule has 0 saturated carbocycles. The van der Waals surface area contributed by atoms with E-state index in [4.69, 9.17) is 0 Å². The molecule has 0 unspecified atom stereocenters. The van der Waals surface area contributed by atoms with E-state index in [-0.39, 0.29) is 0 Å². The lowest BCUT2D eigenvalue weighted by Crippen LogP contribution is -2.23. The van der Waals surface area contributed by atoms with Gasteiger partial charge in [-0.15, -0.1) is 11.8 Å². The van der Waals surface area contributed by atoms with Gasteiger partial charge < -0.3 is 0 Å². The number of hydrogen-bond donors (Lipinski definition) is 0. The molecule has 3 heteroatoms. The summed E-state index contributed by atoms with van der Waals surface area (Å²) in [6.07, 6.45) is 4.28. The van der Waals surface area contributed by atoms with Gasteiger partial charge in [-0.05, 0) is 25.0 Å². The number of piperidine rings is 1. The average Bonchev–Trinajstić information content (AvgIpc) is 2.21. The van der Waals surface area contributed by atoms with E-state index < -0.39 is 0 Å². The van der Waals surface area contributed by atoms with Crippen LogP contribution in [0.5, 0.6) is 0 Å². The van der Waals surface area contributed by atoms with Crippen LogP contribution < -0.4 is 5.32 Å². The fourth-order valence-electron chi connectivity index (χ4n) is 1.43. The Hall–Kier alpha value is -0.540. The Labute approximate surface area is 83.1 Å².